The van der Waals surface area contributed by atoms with Crippen molar-refractivity contribution < 1.29 is 14.3 Å². The van der Waals surface area contributed by atoms with Gasteiger partial charge in [-0.05, 0) is 31.2 Å². The topological polar surface area (TPSA) is 55.4 Å². The summed E-state index contributed by atoms with van der Waals surface area (Å²) in [7, 11) is 0. The summed E-state index contributed by atoms with van der Waals surface area (Å²) in [6, 6.07) is 0. The minimum absolute atomic E-state index is 0.193. The molecule has 18 heavy (non-hydrogen) atoms. The lowest BCUT2D eigenvalue weighted by Gasteiger charge is -2.04. The van der Waals surface area contributed by atoms with Gasteiger partial charge in [0.25, 0.3) is 5.91 Å². The normalized spacial score (nSPS) is 10.2. The van der Waals surface area contributed by atoms with Crippen molar-refractivity contribution in [2.24, 2.45) is 0 Å². The van der Waals surface area contributed by atoms with Gasteiger partial charge in [0, 0.05) is 13.0 Å². The fourth-order valence-electron chi connectivity index (χ4n) is 1.33. The van der Waals surface area contributed by atoms with Gasteiger partial charge in [0.1, 0.15) is 4.88 Å². The van der Waals surface area contributed by atoms with Gasteiger partial charge in [-0.2, -0.15) is 0 Å². The number of rotatable bonds is 6. The van der Waals surface area contributed by atoms with E-state index in [1.165, 1.54) is 11.3 Å². The van der Waals surface area contributed by atoms with Crippen LogP contribution in [0.1, 0.15) is 35.0 Å². The predicted octanol–water partition coefficient (Wildman–Crippen LogP) is 2.78. The van der Waals surface area contributed by atoms with E-state index in [1.54, 1.807) is 6.92 Å². The molecular weight excluding hydrogens is 274 g/mol. The molecule has 0 saturated heterocycles. The van der Waals surface area contributed by atoms with E-state index in [0.717, 1.165) is 5.56 Å². The largest absolute Gasteiger partial charge is 0.466 e. The quantitative estimate of drug-likeness (QED) is 0.647. The van der Waals surface area contributed by atoms with E-state index in [0.29, 0.717) is 35.9 Å². The fraction of sp³-hybridized carbons (Fsp3) is 0.500. The number of amides is 1. The van der Waals surface area contributed by atoms with Crippen LogP contribution in [0.5, 0.6) is 0 Å². The Labute approximate surface area is 115 Å². The molecule has 0 atom stereocenters. The van der Waals surface area contributed by atoms with Crippen molar-refractivity contribution in [3.63, 3.8) is 0 Å². The highest BCUT2D eigenvalue weighted by Crippen LogP contribution is 2.26. The number of ether oxygens (including phenoxy) is 1. The first-order chi connectivity index (χ1) is 8.56. The molecule has 1 N–H and O–H groups in total. The lowest BCUT2D eigenvalue weighted by molar-refractivity contribution is -0.143. The van der Waals surface area contributed by atoms with Gasteiger partial charge >= 0.3 is 5.97 Å². The molecule has 0 radical (unpaired) electrons. The third-order valence-corrected chi connectivity index (χ3v) is 3.95. The Hall–Kier alpha value is -1.07. The molecule has 0 unspecified atom stereocenters. The molecule has 6 heteroatoms. The number of carbonyl (C=O) groups excluding carboxylic acids is 2. The zero-order valence-electron chi connectivity index (χ0n) is 10.4. The number of hydrogen-bond donors (Lipinski definition) is 1. The molecule has 1 aromatic heterocycles. The molecule has 0 saturated carbocycles. The van der Waals surface area contributed by atoms with Gasteiger partial charge < -0.3 is 10.1 Å². The summed E-state index contributed by atoms with van der Waals surface area (Å²) in [5, 5.41) is 5.08. The first kappa shape index (κ1) is 15.0. The van der Waals surface area contributed by atoms with E-state index >= 15 is 0 Å². The van der Waals surface area contributed by atoms with Gasteiger partial charge in [-0.3, -0.25) is 9.59 Å². The van der Waals surface area contributed by atoms with Gasteiger partial charge in [-0.25, -0.2) is 0 Å². The predicted molar refractivity (Wildman–Crippen MR) is 72.3 cm³/mol. The monoisotopic (exact) mass is 289 g/mol. The standard InChI is InChI=1S/C12H16ClNO3S/c1-3-17-9(15)5-4-6-14-12(16)11-10(13)8(2)7-18-11/h7H,3-6H2,1-2H3,(H,14,16). The van der Waals surface area contributed by atoms with E-state index in [4.69, 9.17) is 16.3 Å². The smallest absolute Gasteiger partial charge is 0.305 e. The van der Waals surface area contributed by atoms with Crippen molar-refractivity contribution in [2.45, 2.75) is 26.7 Å². The van der Waals surface area contributed by atoms with Crippen LogP contribution in [-0.4, -0.2) is 25.0 Å². The van der Waals surface area contributed by atoms with Crippen molar-refractivity contribution in [3.8, 4) is 0 Å². The van der Waals surface area contributed by atoms with Gasteiger partial charge in [0.2, 0.25) is 0 Å². The Morgan fingerprint density at radius 2 is 2.22 bits per heavy atom. The SMILES string of the molecule is CCOC(=O)CCCNC(=O)c1scc(C)c1Cl. The second kappa shape index (κ2) is 7.38. The molecule has 0 aromatic carbocycles. The minimum Gasteiger partial charge on any atom is -0.466 e. The number of esters is 1. The maximum atomic E-state index is 11.7. The van der Waals surface area contributed by atoms with Crippen LogP contribution in [-0.2, 0) is 9.53 Å². The number of carbonyl (C=O) groups is 2. The number of thiophene rings is 1. The summed E-state index contributed by atoms with van der Waals surface area (Å²) >= 11 is 7.30. The van der Waals surface area contributed by atoms with Crippen LogP contribution in [0.15, 0.2) is 5.38 Å². The first-order valence-corrected chi connectivity index (χ1v) is 6.99. The van der Waals surface area contributed by atoms with E-state index in [1.807, 2.05) is 12.3 Å². The van der Waals surface area contributed by atoms with Crippen molar-refractivity contribution in [1.82, 2.24) is 5.32 Å². The Balaban J connectivity index is 2.30. The number of halogens is 1. The van der Waals surface area contributed by atoms with Crippen LogP contribution < -0.4 is 5.32 Å². The molecule has 0 aliphatic rings. The summed E-state index contributed by atoms with van der Waals surface area (Å²) in [6.07, 6.45) is 0.873. The Kier molecular flexibility index (Phi) is 6.15. The molecule has 1 rings (SSSR count). The summed E-state index contributed by atoms with van der Waals surface area (Å²) < 4.78 is 4.79. The molecular formula is C12H16ClNO3S. The maximum absolute atomic E-state index is 11.7. The summed E-state index contributed by atoms with van der Waals surface area (Å²) in [5.74, 6) is -0.432. The number of nitrogens with one attached hydrogen (secondary N) is 1. The number of hydrogen-bond acceptors (Lipinski definition) is 4. The molecule has 0 aliphatic carbocycles. The Morgan fingerprint density at radius 1 is 1.50 bits per heavy atom. The van der Waals surface area contributed by atoms with Gasteiger partial charge in [-0.1, -0.05) is 11.6 Å². The molecule has 0 spiro atoms. The van der Waals surface area contributed by atoms with Gasteiger partial charge in [0.05, 0.1) is 11.6 Å². The average molecular weight is 290 g/mol. The lowest BCUT2D eigenvalue weighted by Crippen LogP contribution is -2.24. The second-order valence-electron chi connectivity index (χ2n) is 3.73. The number of aryl methyl sites for hydroxylation is 1. The highest BCUT2D eigenvalue weighted by molar-refractivity contribution is 7.13. The molecule has 1 aromatic rings. The molecule has 100 valence electrons. The van der Waals surface area contributed by atoms with Gasteiger partial charge in [-0.15, -0.1) is 11.3 Å². The summed E-state index contributed by atoms with van der Waals surface area (Å²) in [6.45, 7) is 4.44. The zero-order chi connectivity index (χ0) is 13.5. The van der Waals surface area contributed by atoms with Crippen LogP contribution in [0.4, 0.5) is 0 Å². The fourth-order valence-corrected chi connectivity index (χ4v) is 2.53. The van der Waals surface area contributed by atoms with E-state index in [-0.39, 0.29) is 11.9 Å². The average Bonchev–Trinajstić information content (AvgIpc) is 2.66. The van der Waals surface area contributed by atoms with Crippen molar-refractivity contribution >= 4 is 34.8 Å². The van der Waals surface area contributed by atoms with Crippen LogP contribution >= 0.6 is 22.9 Å². The Morgan fingerprint density at radius 3 is 2.78 bits per heavy atom. The van der Waals surface area contributed by atoms with Gasteiger partial charge in [0.15, 0.2) is 0 Å². The van der Waals surface area contributed by atoms with E-state index in [9.17, 15) is 9.59 Å². The first-order valence-electron chi connectivity index (χ1n) is 5.73. The molecule has 0 aliphatic heterocycles. The van der Waals surface area contributed by atoms with Crippen LogP contribution in [0.3, 0.4) is 0 Å². The molecule has 4 nitrogen and oxygen atoms in total. The maximum Gasteiger partial charge on any atom is 0.305 e. The molecule has 1 heterocycles. The molecule has 0 fully saturated rings. The van der Waals surface area contributed by atoms with E-state index in [2.05, 4.69) is 5.32 Å². The van der Waals surface area contributed by atoms with Crippen molar-refractivity contribution in [2.75, 3.05) is 13.2 Å². The zero-order valence-corrected chi connectivity index (χ0v) is 12.0. The summed E-state index contributed by atoms with van der Waals surface area (Å²) in [5.41, 5.74) is 0.901. The highest BCUT2D eigenvalue weighted by atomic mass is 35.5. The van der Waals surface area contributed by atoms with Crippen molar-refractivity contribution in [3.05, 3.63) is 20.8 Å². The third kappa shape index (κ3) is 4.31. The van der Waals surface area contributed by atoms with Crippen LogP contribution in [0.2, 0.25) is 5.02 Å². The van der Waals surface area contributed by atoms with E-state index < -0.39 is 0 Å². The third-order valence-electron chi connectivity index (χ3n) is 2.25. The van der Waals surface area contributed by atoms with Crippen LogP contribution in [0, 0.1) is 6.92 Å². The van der Waals surface area contributed by atoms with Crippen molar-refractivity contribution in [1.29, 1.82) is 0 Å². The second-order valence-corrected chi connectivity index (χ2v) is 4.98. The summed E-state index contributed by atoms with van der Waals surface area (Å²) in [4.78, 5) is 23.3. The van der Waals surface area contributed by atoms with Crippen LogP contribution in [0.25, 0.3) is 0 Å². The lowest BCUT2D eigenvalue weighted by atomic mass is 10.3. The Bertz CT molecular complexity index is 431. The molecule has 1 amide bonds. The highest BCUT2D eigenvalue weighted by Gasteiger charge is 2.14. The minimum atomic E-state index is -0.239. The molecule has 0 bridgehead atoms.